The van der Waals surface area contributed by atoms with Crippen molar-refractivity contribution in [3.8, 4) is 0 Å². The Morgan fingerprint density at radius 1 is 1.14 bits per heavy atom. The van der Waals surface area contributed by atoms with Gasteiger partial charge < -0.3 is 22.1 Å². The molecule has 0 aromatic rings. The zero-order chi connectivity index (χ0) is 11.3. The number of hydrogen-bond acceptors (Lipinski definition) is 4. The molecule has 0 saturated heterocycles. The van der Waals surface area contributed by atoms with Gasteiger partial charge in [0, 0.05) is 0 Å². The van der Waals surface area contributed by atoms with Crippen LogP contribution in [0.15, 0.2) is 0 Å². The summed E-state index contributed by atoms with van der Waals surface area (Å²) in [7, 11) is 0. The van der Waals surface area contributed by atoms with Crippen molar-refractivity contribution in [3.05, 3.63) is 0 Å². The van der Waals surface area contributed by atoms with Gasteiger partial charge in [0.1, 0.15) is 0 Å². The fourth-order valence-electron chi connectivity index (χ4n) is 0.876. The van der Waals surface area contributed by atoms with E-state index in [0.717, 1.165) is 4.90 Å². The first-order valence-electron chi connectivity index (χ1n) is 3.95. The van der Waals surface area contributed by atoms with Gasteiger partial charge in [-0.1, -0.05) is 0 Å². The van der Waals surface area contributed by atoms with Crippen molar-refractivity contribution < 1.29 is 14.4 Å². The number of carbonyl (C=O) groups is 3. The van der Waals surface area contributed by atoms with Gasteiger partial charge in [0.05, 0.1) is 19.1 Å². The molecule has 0 aromatic heterocycles. The lowest BCUT2D eigenvalue weighted by Gasteiger charge is -2.21. The third-order valence-corrected chi connectivity index (χ3v) is 1.39. The van der Waals surface area contributed by atoms with E-state index in [9.17, 15) is 14.4 Å². The number of nitrogens with two attached hydrogens (primary N) is 3. The van der Waals surface area contributed by atoms with Crippen LogP contribution in [0, 0.1) is 0 Å². The normalized spacial score (nSPS) is 11.9. The first-order chi connectivity index (χ1) is 6.34. The van der Waals surface area contributed by atoms with Crippen LogP contribution in [-0.2, 0) is 14.4 Å². The van der Waals surface area contributed by atoms with Gasteiger partial charge in [-0.15, -0.1) is 0 Å². The van der Waals surface area contributed by atoms with Crippen LogP contribution in [0.4, 0.5) is 0 Å². The fourth-order valence-corrected chi connectivity index (χ4v) is 0.876. The van der Waals surface area contributed by atoms with Crippen LogP contribution in [0.3, 0.4) is 0 Å². The summed E-state index contributed by atoms with van der Waals surface area (Å²) >= 11 is 0. The summed E-state index contributed by atoms with van der Waals surface area (Å²) in [5, 5.41) is 0. The lowest BCUT2D eigenvalue weighted by Crippen LogP contribution is -2.48. The minimum Gasteiger partial charge on any atom is -0.368 e. The Kier molecular flexibility index (Phi) is 4.57. The summed E-state index contributed by atoms with van der Waals surface area (Å²) in [6.45, 7) is 0.726. The Balaban J connectivity index is 4.46. The van der Waals surface area contributed by atoms with Gasteiger partial charge in [0.25, 0.3) is 0 Å². The van der Waals surface area contributed by atoms with Crippen LogP contribution >= 0.6 is 0 Å². The molecule has 0 bridgehead atoms. The number of amides is 3. The molecular weight excluding hydrogens is 188 g/mol. The zero-order valence-electron chi connectivity index (χ0n) is 7.90. The van der Waals surface area contributed by atoms with E-state index in [2.05, 4.69) is 0 Å². The second-order valence-corrected chi connectivity index (χ2v) is 2.92. The third-order valence-electron chi connectivity index (χ3n) is 1.39. The van der Waals surface area contributed by atoms with Crippen LogP contribution in [-0.4, -0.2) is 41.8 Å². The van der Waals surface area contributed by atoms with E-state index >= 15 is 0 Å². The standard InChI is InChI=1S/C7H14N4O3/c1-4(8)7(14)11(2-5(9)12)3-6(10)13/h4H,2-3,8H2,1H3,(H2,9,12)(H2,10,13). The molecule has 1 atom stereocenters. The molecule has 7 nitrogen and oxygen atoms in total. The van der Waals surface area contributed by atoms with Gasteiger partial charge in [-0.2, -0.15) is 0 Å². The zero-order valence-corrected chi connectivity index (χ0v) is 7.90. The predicted octanol–water partition coefficient (Wildman–Crippen LogP) is -2.87. The van der Waals surface area contributed by atoms with Gasteiger partial charge in [-0.05, 0) is 6.92 Å². The molecule has 14 heavy (non-hydrogen) atoms. The van der Waals surface area contributed by atoms with Gasteiger partial charge >= 0.3 is 0 Å². The average molecular weight is 202 g/mol. The molecule has 0 heterocycles. The number of nitrogens with zero attached hydrogens (tertiary/aromatic N) is 1. The molecule has 0 aromatic carbocycles. The van der Waals surface area contributed by atoms with Crippen LogP contribution < -0.4 is 17.2 Å². The summed E-state index contributed by atoms with van der Waals surface area (Å²) < 4.78 is 0. The second-order valence-electron chi connectivity index (χ2n) is 2.92. The first-order valence-corrected chi connectivity index (χ1v) is 3.95. The van der Waals surface area contributed by atoms with Crippen molar-refractivity contribution in [2.75, 3.05) is 13.1 Å². The topological polar surface area (TPSA) is 133 Å². The summed E-state index contributed by atoms with van der Waals surface area (Å²) in [5.74, 6) is -1.98. The van der Waals surface area contributed by atoms with Crippen LogP contribution in [0.25, 0.3) is 0 Å². The number of carbonyl (C=O) groups excluding carboxylic acids is 3. The summed E-state index contributed by atoms with van der Waals surface area (Å²) in [6.07, 6.45) is 0. The molecule has 0 rings (SSSR count). The SMILES string of the molecule is CC(N)C(=O)N(CC(N)=O)CC(N)=O. The van der Waals surface area contributed by atoms with Crippen LogP contribution in [0.5, 0.6) is 0 Å². The maximum atomic E-state index is 11.3. The summed E-state index contributed by atoms with van der Waals surface area (Å²) in [4.78, 5) is 33.3. The van der Waals surface area contributed by atoms with E-state index in [1.165, 1.54) is 6.92 Å². The summed E-state index contributed by atoms with van der Waals surface area (Å²) in [6, 6.07) is -0.798. The molecule has 0 radical (unpaired) electrons. The Hall–Kier alpha value is -1.63. The van der Waals surface area contributed by atoms with E-state index in [1.807, 2.05) is 0 Å². The van der Waals surface area contributed by atoms with Crippen LogP contribution in [0.2, 0.25) is 0 Å². The van der Waals surface area contributed by atoms with Gasteiger partial charge in [0.2, 0.25) is 17.7 Å². The molecule has 0 aliphatic carbocycles. The lowest BCUT2D eigenvalue weighted by molar-refractivity contribution is -0.138. The molecule has 6 N–H and O–H groups in total. The second kappa shape index (κ2) is 5.18. The molecule has 0 saturated carbocycles. The molecule has 7 heteroatoms. The van der Waals surface area contributed by atoms with Crippen molar-refractivity contribution in [1.29, 1.82) is 0 Å². The van der Waals surface area contributed by atoms with Crippen LogP contribution in [0.1, 0.15) is 6.92 Å². The Morgan fingerprint density at radius 2 is 1.50 bits per heavy atom. The molecule has 1 unspecified atom stereocenters. The van der Waals surface area contributed by atoms with Crippen molar-refractivity contribution in [2.24, 2.45) is 17.2 Å². The Morgan fingerprint density at radius 3 is 1.71 bits per heavy atom. The minimum absolute atomic E-state index is 0.358. The molecule has 80 valence electrons. The van der Waals surface area contributed by atoms with E-state index in [4.69, 9.17) is 17.2 Å². The highest BCUT2D eigenvalue weighted by molar-refractivity contribution is 5.90. The molecule has 3 amide bonds. The Labute approximate surface area is 81.2 Å². The first kappa shape index (κ1) is 12.4. The van der Waals surface area contributed by atoms with Gasteiger partial charge in [-0.3, -0.25) is 14.4 Å². The molecule has 0 aliphatic rings. The molecule has 0 aliphatic heterocycles. The van der Waals surface area contributed by atoms with E-state index in [-0.39, 0.29) is 13.1 Å². The fraction of sp³-hybridized carbons (Fsp3) is 0.571. The highest BCUT2D eigenvalue weighted by atomic mass is 16.2. The summed E-state index contributed by atoms with van der Waals surface area (Å²) in [5.41, 5.74) is 15.1. The van der Waals surface area contributed by atoms with E-state index in [1.54, 1.807) is 0 Å². The highest BCUT2D eigenvalue weighted by Crippen LogP contribution is 1.92. The minimum atomic E-state index is -0.798. The van der Waals surface area contributed by atoms with Gasteiger partial charge in [-0.25, -0.2) is 0 Å². The smallest absolute Gasteiger partial charge is 0.240 e. The monoisotopic (exact) mass is 202 g/mol. The lowest BCUT2D eigenvalue weighted by atomic mass is 10.3. The molecule has 0 fully saturated rings. The largest absolute Gasteiger partial charge is 0.368 e. The van der Waals surface area contributed by atoms with Crippen molar-refractivity contribution in [1.82, 2.24) is 4.90 Å². The maximum absolute atomic E-state index is 11.3. The predicted molar refractivity (Wildman–Crippen MR) is 48.6 cm³/mol. The quantitative estimate of drug-likeness (QED) is 0.442. The number of primary amides is 2. The average Bonchev–Trinajstić information content (AvgIpc) is 1.99. The number of hydrogen-bond donors (Lipinski definition) is 3. The van der Waals surface area contributed by atoms with Crippen molar-refractivity contribution in [2.45, 2.75) is 13.0 Å². The molecule has 0 spiro atoms. The van der Waals surface area contributed by atoms with E-state index in [0.29, 0.717) is 0 Å². The van der Waals surface area contributed by atoms with Gasteiger partial charge in [0.15, 0.2) is 0 Å². The highest BCUT2D eigenvalue weighted by Gasteiger charge is 2.20. The molecular formula is C7H14N4O3. The Bertz CT molecular complexity index is 235. The van der Waals surface area contributed by atoms with Crippen molar-refractivity contribution >= 4 is 17.7 Å². The van der Waals surface area contributed by atoms with Crippen molar-refractivity contribution in [3.63, 3.8) is 0 Å². The number of rotatable bonds is 5. The third kappa shape index (κ3) is 4.41. The maximum Gasteiger partial charge on any atom is 0.240 e. The van der Waals surface area contributed by atoms with E-state index < -0.39 is 23.8 Å².